The molecule has 0 fully saturated rings. The molecule has 0 bridgehead atoms. The molecule has 2 N–H and O–H groups in total. The average molecular weight is 325 g/mol. The molecular weight excluding hydrogens is 302 g/mol. The molecule has 3 rings (SSSR count). The SMILES string of the molecule is CCc1nnc(NC(C)c2ccc3c(c2)CCC(=O)N3)nc1CC. The van der Waals surface area contributed by atoms with Gasteiger partial charge in [0.2, 0.25) is 11.9 Å². The van der Waals surface area contributed by atoms with Gasteiger partial charge in [0.05, 0.1) is 17.4 Å². The van der Waals surface area contributed by atoms with E-state index in [0.29, 0.717) is 12.4 Å². The van der Waals surface area contributed by atoms with Gasteiger partial charge in [-0.05, 0) is 43.4 Å². The number of benzene rings is 1. The van der Waals surface area contributed by atoms with Crippen LogP contribution < -0.4 is 10.6 Å². The maximum Gasteiger partial charge on any atom is 0.243 e. The second kappa shape index (κ2) is 6.95. The van der Waals surface area contributed by atoms with E-state index in [1.165, 1.54) is 5.56 Å². The van der Waals surface area contributed by atoms with Crippen molar-refractivity contribution in [3.63, 3.8) is 0 Å². The zero-order chi connectivity index (χ0) is 17.1. The van der Waals surface area contributed by atoms with Crippen LogP contribution in [0.3, 0.4) is 0 Å². The summed E-state index contributed by atoms with van der Waals surface area (Å²) in [7, 11) is 0. The van der Waals surface area contributed by atoms with E-state index >= 15 is 0 Å². The molecule has 24 heavy (non-hydrogen) atoms. The van der Waals surface area contributed by atoms with E-state index in [-0.39, 0.29) is 11.9 Å². The van der Waals surface area contributed by atoms with E-state index in [2.05, 4.69) is 52.7 Å². The summed E-state index contributed by atoms with van der Waals surface area (Å²) in [5.41, 5.74) is 5.19. The maximum atomic E-state index is 11.5. The van der Waals surface area contributed by atoms with Gasteiger partial charge < -0.3 is 10.6 Å². The van der Waals surface area contributed by atoms with Crippen LogP contribution >= 0.6 is 0 Å². The molecule has 1 aromatic heterocycles. The minimum absolute atomic E-state index is 0.0620. The molecular formula is C18H23N5O. The predicted molar refractivity (Wildman–Crippen MR) is 94.0 cm³/mol. The Kier molecular flexibility index (Phi) is 4.74. The number of carbonyl (C=O) groups is 1. The summed E-state index contributed by atoms with van der Waals surface area (Å²) in [4.78, 5) is 16.0. The number of nitrogens with one attached hydrogen (secondary N) is 2. The number of hydrogen-bond donors (Lipinski definition) is 2. The molecule has 1 unspecified atom stereocenters. The summed E-state index contributed by atoms with van der Waals surface area (Å²) in [6.45, 7) is 6.21. The van der Waals surface area contributed by atoms with Crippen LogP contribution in [0.15, 0.2) is 18.2 Å². The minimum atomic E-state index is 0.0620. The fourth-order valence-corrected chi connectivity index (χ4v) is 2.95. The molecule has 1 aliphatic heterocycles. The normalized spacial score (nSPS) is 14.7. The Morgan fingerprint density at radius 2 is 1.96 bits per heavy atom. The van der Waals surface area contributed by atoms with Crippen molar-refractivity contribution in [2.24, 2.45) is 0 Å². The second-order valence-electron chi connectivity index (χ2n) is 6.07. The molecule has 2 heterocycles. The molecule has 0 aliphatic carbocycles. The summed E-state index contributed by atoms with van der Waals surface area (Å²) in [6.07, 6.45) is 3.02. The molecule has 126 valence electrons. The van der Waals surface area contributed by atoms with E-state index < -0.39 is 0 Å². The number of aromatic nitrogens is 3. The van der Waals surface area contributed by atoms with Crippen molar-refractivity contribution in [3.05, 3.63) is 40.7 Å². The van der Waals surface area contributed by atoms with Gasteiger partial charge in [-0.1, -0.05) is 26.0 Å². The van der Waals surface area contributed by atoms with Gasteiger partial charge in [-0.25, -0.2) is 4.98 Å². The zero-order valence-corrected chi connectivity index (χ0v) is 14.4. The summed E-state index contributed by atoms with van der Waals surface area (Å²) in [6, 6.07) is 6.20. The molecule has 1 aliphatic rings. The average Bonchev–Trinajstić information content (AvgIpc) is 2.61. The van der Waals surface area contributed by atoms with Crippen molar-refractivity contribution in [1.29, 1.82) is 0 Å². The molecule has 1 amide bonds. The standard InChI is InChI=1S/C18H23N5O/c1-4-14-15(5-2)22-23-18(21-14)19-11(3)12-6-8-16-13(10-12)7-9-17(24)20-16/h6,8,10-11H,4-5,7,9H2,1-3H3,(H,20,24)(H,19,21,23). The number of rotatable bonds is 5. The van der Waals surface area contributed by atoms with Crippen molar-refractivity contribution in [1.82, 2.24) is 15.2 Å². The van der Waals surface area contributed by atoms with Gasteiger partial charge in [-0.15, -0.1) is 5.10 Å². The third kappa shape index (κ3) is 3.37. The molecule has 6 heteroatoms. The highest BCUT2D eigenvalue weighted by molar-refractivity contribution is 5.93. The molecule has 2 aromatic rings. The topological polar surface area (TPSA) is 79.8 Å². The fraction of sp³-hybridized carbons (Fsp3) is 0.444. The van der Waals surface area contributed by atoms with Crippen molar-refractivity contribution in [2.45, 2.75) is 52.5 Å². The largest absolute Gasteiger partial charge is 0.346 e. The number of fused-ring (bicyclic) bond motifs is 1. The lowest BCUT2D eigenvalue weighted by Gasteiger charge is -2.20. The van der Waals surface area contributed by atoms with Gasteiger partial charge in [0.1, 0.15) is 0 Å². The minimum Gasteiger partial charge on any atom is -0.346 e. The van der Waals surface area contributed by atoms with Gasteiger partial charge in [0, 0.05) is 12.1 Å². The highest BCUT2D eigenvalue weighted by Crippen LogP contribution is 2.27. The number of nitrogens with zero attached hydrogens (tertiary/aromatic N) is 3. The molecule has 1 atom stereocenters. The highest BCUT2D eigenvalue weighted by atomic mass is 16.1. The van der Waals surface area contributed by atoms with Crippen LogP contribution in [0.1, 0.15) is 55.7 Å². The Morgan fingerprint density at radius 1 is 1.17 bits per heavy atom. The van der Waals surface area contributed by atoms with Gasteiger partial charge in [-0.2, -0.15) is 5.10 Å². The van der Waals surface area contributed by atoms with E-state index in [9.17, 15) is 4.79 Å². The Morgan fingerprint density at radius 3 is 2.71 bits per heavy atom. The van der Waals surface area contributed by atoms with Crippen molar-refractivity contribution in [3.8, 4) is 0 Å². The van der Waals surface area contributed by atoms with E-state index in [1.54, 1.807) is 0 Å². The summed E-state index contributed by atoms with van der Waals surface area (Å²) in [5.74, 6) is 0.645. The Bertz CT molecular complexity index is 759. The molecule has 1 aromatic carbocycles. The molecule has 0 spiro atoms. The van der Waals surface area contributed by atoms with Crippen LogP contribution in [0.25, 0.3) is 0 Å². The summed E-state index contributed by atoms with van der Waals surface area (Å²) in [5, 5.41) is 14.7. The Hall–Kier alpha value is -2.50. The first-order valence-electron chi connectivity index (χ1n) is 8.52. The van der Waals surface area contributed by atoms with E-state index in [1.807, 2.05) is 12.1 Å². The third-order valence-electron chi connectivity index (χ3n) is 4.38. The Labute approximate surface area is 142 Å². The lowest BCUT2D eigenvalue weighted by atomic mass is 9.98. The van der Waals surface area contributed by atoms with E-state index in [0.717, 1.165) is 41.9 Å². The molecule has 0 saturated heterocycles. The third-order valence-corrected chi connectivity index (χ3v) is 4.38. The lowest BCUT2D eigenvalue weighted by Crippen LogP contribution is -2.19. The number of aryl methyl sites for hydroxylation is 3. The number of anilines is 2. The van der Waals surface area contributed by atoms with Crippen LogP contribution in [0.4, 0.5) is 11.6 Å². The van der Waals surface area contributed by atoms with Crippen LogP contribution in [0.2, 0.25) is 0 Å². The molecule has 0 radical (unpaired) electrons. The first-order chi connectivity index (χ1) is 11.6. The van der Waals surface area contributed by atoms with Crippen molar-refractivity contribution >= 4 is 17.5 Å². The zero-order valence-electron chi connectivity index (χ0n) is 14.4. The first-order valence-corrected chi connectivity index (χ1v) is 8.52. The smallest absolute Gasteiger partial charge is 0.243 e. The highest BCUT2D eigenvalue weighted by Gasteiger charge is 2.17. The predicted octanol–water partition coefficient (Wildman–Crippen LogP) is 3.05. The van der Waals surface area contributed by atoms with Crippen LogP contribution in [0.5, 0.6) is 0 Å². The number of amides is 1. The quantitative estimate of drug-likeness (QED) is 0.883. The summed E-state index contributed by atoms with van der Waals surface area (Å²) < 4.78 is 0. The van der Waals surface area contributed by atoms with Gasteiger partial charge in [0.25, 0.3) is 0 Å². The second-order valence-corrected chi connectivity index (χ2v) is 6.07. The monoisotopic (exact) mass is 325 g/mol. The maximum absolute atomic E-state index is 11.5. The van der Waals surface area contributed by atoms with Crippen LogP contribution in [-0.4, -0.2) is 21.1 Å². The van der Waals surface area contributed by atoms with Crippen LogP contribution in [-0.2, 0) is 24.1 Å². The van der Waals surface area contributed by atoms with Crippen LogP contribution in [0, 0.1) is 0 Å². The van der Waals surface area contributed by atoms with E-state index in [4.69, 9.17) is 0 Å². The summed E-state index contributed by atoms with van der Waals surface area (Å²) >= 11 is 0. The Balaban J connectivity index is 1.78. The molecule has 6 nitrogen and oxygen atoms in total. The first kappa shape index (κ1) is 16.4. The van der Waals surface area contributed by atoms with Gasteiger partial charge in [0.15, 0.2) is 0 Å². The lowest BCUT2D eigenvalue weighted by molar-refractivity contribution is -0.116. The number of hydrogen-bond acceptors (Lipinski definition) is 5. The molecule has 0 saturated carbocycles. The fourth-order valence-electron chi connectivity index (χ4n) is 2.95. The van der Waals surface area contributed by atoms with Gasteiger partial charge >= 0.3 is 0 Å². The van der Waals surface area contributed by atoms with Crippen molar-refractivity contribution in [2.75, 3.05) is 10.6 Å². The van der Waals surface area contributed by atoms with Crippen molar-refractivity contribution < 1.29 is 4.79 Å². The van der Waals surface area contributed by atoms with Gasteiger partial charge in [-0.3, -0.25) is 4.79 Å². The number of carbonyl (C=O) groups excluding carboxylic acids is 1.